The molecule has 21 heavy (non-hydrogen) atoms. The van der Waals surface area contributed by atoms with E-state index < -0.39 is 11.6 Å². The lowest BCUT2D eigenvalue weighted by Gasteiger charge is -2.21. The highest BCUT2D eigenvalue weighted by Gasteiger charge is 2.27. The van der Waals surface area contributed by atoms with Crippen molar-refractivity contribution in [2.45, 2.75) is 32.9 Å². The molecule has 0 fully saturated rings. The van der Waals surface area contributed by atoms with Gasteiger partial charge in [0.15, 0.2) is 0 Å². The van der Waals surface area contributed by atoms with Gasteiger partial charge in [-0.25, -0.2) is 4.79 Å². The average Bonchev–Trinajstić information content (AvgIpc) is 3.06. The van der Waals surface area contributed by atoms with Crippen LogP contribution in [0.15, 0.2) is 28.9 Å². The van der Waals surface area contributed by atoms with Crippen molar-refractivity contribution in [3.05, 3.63) is 36.0 Å². The van der Waals surface area contributed by atoms with Gasteiger partial charge in [0.25, 0.3) is 0 Å². The van der Waals surface area contributed by atoms with Crippen LogP contribution in [0.1, 0.15) is 25.4 Å². The molecule has 0 bridgehead atoms. The summed E-state index contributed by atoms with van der Waals surface area (Å²) in [5.74, 6) is 1.13. The van der Waals surface area contributed by atoms with Crippen LogP contribution in [0.25, 0.3) is 0 Å². The van der Waals surface area contributed by atoms with E-state index in [4.69, 9.17) is 4.42 Å². The number of nitrogens with one attached hydrogen (secondary N) is 2. The second-order valence-electron chi connectivity index (χ2n) is 5.08. The highest BCUT2D eigenvalue weighted by Crippen LogP contribution is 2.21. The third kappa shape index (κ3) is 3.85. The smallest absolute Gasteiger partial charge is 0.319 e. The number of anilines is 1. The lowest BCUT2D eigenvalue weighted by Crippen LogP contribution is -2.40. The first-order chi connectivity index (χ1) is 9.90. The van der Waals surface area contributed by atoms with Gasteiger partial charge in [0.2, 0.25) is 0 Å². The monoisotopic (exact) mass is 292 g/mol. The number of carbonyl (C=O) groups is 1. The summed E-state index contributed by atoms with van der Waals surface area (Å²) >= 11 is 0. The Kier molecular flexibility index (Phi) is 4.32. The van der Waals surface area contributed by atoms with Crippen LogP contribution in [-0.2, 0) is 12.1 Å². The van der Waals surface area contributed by atoms with Crippen LogP contribution in [0.2, 0.25) is 0 Å². The SMILES string of the molecule is CCn1cc(NC(=O)NCC(C)(O)c2ccc(C)o2)cn1. The van der Waals surface area contributed by atoms with Gasteiger partial charge in [-0.2, -0.15) is 5.10 Å². The Bertz CT molecular complexity index is 615. The molecule has 7 nitrogen and oxygen atoms in total. The number of hydrogen-bond donors (Lipinski definition) is 3. The Balaban J connectivity index is 1.88. The van der Waals surface area contributed by atoms with E-state index in [0.29, 0.717) is 17.2 Å². The first-order valence-electron chi connectivity index (χ1n) is 6.77. The number of carbonyl (C=O) groups excluding carboxylic acids is 1. The van der Waals surface area contributed by atoms with E-state index in [1.54, 1.807) is 43.1 Å². The van der Waals surface area contributed by atoms with E-state index in [0.717, 1.165) is 6.54 Å². The number of hydrogen-bond acceptors (Lipinski definition) is 4. The molecule has 2 rings (SSSR count). The van der Waals surface area contributed by atoms with E-state index in [1.807, 2.05) is 6.92 Å². The summed E-state index contributed by atoms with van der Waals surface area (Å²) in [4.78, 5) is 11.8. The summed E-state index contributed by atoms with van der Waals surface area (Å²) in [5.41, 5.74) is -0.665. The lowest BCUT2D eigenvalue weighted by molar-refractivity contribution is 0.0364. The zero-order chi connectivity index (χ0) is 15.5. The summed E-state index contributed by atoms with van der Waals surface area (Å²) in [5, 5.41) is 19.6. The van der Waals surface area contributed by atoms with Crippen molar-refractivity contribution in [2.24, 2.45) is 0 Å². The molecule has 2 aromatic heterocycles. The highest BCUT2D eigenvalue weighted by atomic mass is 16.4. The zero-order valence-corrected chi connectivity index (χ0v) is 12.4. The molecule has 1 atom stereocenters. The molecular formula is C14H20N4O3. The van der Waals surface area contributed by atoms with Gasteiger partial charge in [0, 0.05) is 12.7 Å². The van der Waals surface area contributed by atoms with Gasteiger partial charge < -0.3 is 20.2 Å². The maximum Gasteiger partial charge on any atom is 0.319 e. The molecule has 3 N–H and O–H groups in total. The number of urea groups is 1. The molecule has 2 aromatic rings. The Morgan fingerprint density at radius 1 is 1.52 bits per heavy atom. The topological polar surface area (TPSA) is 92.3 Å². The average molecular weight is 292 g/mol. The summed E-state index contributed by atoms with van der Waals surface area (Å²) < 4.78 is 7.09. The second-order valence-corrected chi connectivity index (χ2v) is 5.08. The molecule has 114 valence electrons. The first kappa shape index (κ1) is 15.1. The third-order valence-corrected chi connectivity index (χ3v) is 3.08. The van der Waals surface area contributed by atoms with Gasteiger partial charge in [-0.15, -0.1) is 0 Å². The number of aliphatic hydroxyl groups is 1. The third-order valence-electron chi connectivity index (χ3n) is 3.08. The van der Waals surface area contributed by atoms with Gasteiger partial charge in [-0.3, -0.25) is 4.68 Å². The van der Waals surface area contributed by atoms with Crippen LogP contribution in [0.3, 0.4) is 0 Å². The molecule has 0 aliphatic rings. The quantitative estimate of drug-likeness (QED) is 0.784. The van der Waals surface area contributed by atoms with E-state index in [1.165, 1.54) is 0 Å². The molecule has 2 heterocycles. The van der Waals surface area contributed by atoms with Crippen molar-refractivity contribution in [3.8, 4) is 0 Å². The first-order valence-corrected chi connectivity index (χ1v) is 6.77. The molecular weight excluding hydrogens is 272 g/mol. The molecule has 7 heteroatoms. The number of furan rings is 1. The lowest BCUT2D eigenvalue weighted by atomic mass is 10.0. The zero-order valence-electron chi connectivity index (χ0n) is 12.4. The maximum absolute atomic E-state index is 11.8. The van der Waals surface area contributed by atoms with Crippen LogP contribution >= 0.6 is 0 Å². The summed E-state index contributed by atoms with van der Waals surface area (Å²) in [6.45, 7) is 6.11. The summed E-state index contributed by atoms with van der Waals surface area (Å²) in [6.07, 6.45) is 3.30. The number of aromatic nitrogens is 2. The van der Waals surface area contributed by atoms with Gasteiger partial charge in [0.05, 0.1) is 18.4 Å². The van der Waals surface area contributed by atoms with Crippen molar-refractivity contribution in [1.82, 2.24) is 15.1 Å². The fourth-order valence-electron chi connectivity index (χ4n) is 1.84. The molecule has 0 aliphatic heterocycles. The van der Waals surface area contributed by atoms with Crippen molar-refractivity contribution in [3.63, 3.8) is 0 Å². The Hall–Kier alpha value is -2.28. The minimum absolute atomic E-state index is 0.0354. The van der Waals surface area contributed by atoms with Gasteiger partial charge in [-0.05, 0) is 32.9 Å². The fourth-order valence-corrected chi connectivity index (χ4v) is 1.84. The fraction of sp³-hybridized carbons (Fsp3) is 0.429. The minimum Gasteiger partial charge on any atom is -0.463 e. The van der Waals surface area contributed by atoms with Crippen molar-refractivity contribution in [2.75, 3.05) is 11.9 Å². The molecule has 0 saturated heterocycles. The Morgan fingerprint density at radius 3 is 2.86 bits per heavy atom. The second kappa shape index (κ2) is 6.01. The number of aryl methyl sites for hydroxylation is 2. The number of nitrogens with zero attached hydrogens (tertiary/aromatic N) is 2. The van der Waals surface area contributed by atoms with Crippen molar-refractivity contribution in [1.29, 1.82) is 0 Å². The van der Waals surface area contributed by atoms with E-state index in [2.05, 4.69) is 15.7 Å². The largest absolute Gasteiger partial charge is 0.463 e. The number of amides is 2. The van der Waals surface area contributed by atoms with Gasteiger partial charge in [-0.1, -0.05) is 0 Å². The Morgan fingerprint density at radius 2 is 2.29 bits per heavy atom. The van der Waals surface area contributed by atoms with Gasteiger partial charge in [0.1, 0.15) is 17.1 Å². The van der Waals surface area contributed by atoms with Crippen LogP contribution in [0.5, 0.6) is 0 Å². The van der Waals surface area contributed by atoms with E-state index >= 15 is 0 Å². The molecule has 0 saturated carbocycles. The van der Waals surface area contributed by atoms with Crippen LogP contribution in [0.4, 0.5) is 10.5 Å². The van der Waals surface area contributed by atoms with Crippen molar-refractivity contribution < 1.29 is 14.3 Å². The van der Waals surface area contributed by atoms with Crippen LogP contribution in [0, 0.1) is 6.92 Å². The predicted molar refractivity (Wildman–Crippen MR) is 77.9 cm³/mol. The highest BCUT2D eigenvalue weighted by molar-refractivity contribution is 5.88. The summed E-state index contributed by atoms with van der Waals surface area (Å²) in [6, 6.07) is 3.05. The number of rotatable bonds is 5. The van der Waals surface area contributed by atoms with Crippen molar-refractivity contribution >= 4 is 11.7 Å². The minimum atomic E-state index is -1.26. The maximum atomic E-state index is 11.8. The molecule has 0 aliphatic carbocycles. The van der Waals surface area contributed by atoms with Crippen LogP contribution < -0.4 is 10.6 Å². The molecule has 0 spiro atoms. The normalized spacial score (nSPS) is 13.7. The summed E-state index contributed by atoms with van der Waals surface area (Å²) in [7, 11) is 0. The van der Waals surface area contributed by atoms with Crippen LogP contribution in [-0.4, -0.2) is 27.5 Å². The van der Waals surface area contributed by atoms with E-state index in [-0.39, 0.29) is 6.54 Å². The predicted octanol–water partition coefficient (Wildman–Crippen LogP) is 1.83. The Labute approximate surface area is 123 Å². The standard InChI is InChI=1S/C14H20N4O3/c1-4-18-8-11(7-16-18)17-13(19)15-9-14(3,20)12-6-5-10(2)21-12/h5-8,20H,4,9H2,1-3H3,(H2,15,17,19). The van der Waals surface area contributed by atoms with E-state index in [9.17, 15) is 9.90 Å². The molecule has 0 aromatic carbocycles. The molecule has 2 amide bonds. The molecule has 1 unspecified atom stereocenters. The molecule has 0 radical (unpaired) electrons. The van der Waals surface area contributed by atoms with Gasteiger partial charge >= 0.3 is 6.03 Å².